The van der Waals surface area contributed by atoms with E-state index in [1.54, 1.807) is 4.90 Å². The molecule has 1 atom stereocenters. The summed E-state index contributed by atoms with van der Waals surface area (Å²) in [5, 5.41) is 0. The minimum atomic E-state index is -0.393. The lowest BCUT2D eigenvalue weighted by atomic mass is 10.1. The molecule has 0 aliphatic heterocycles. The van der Waals surface area contributed by atoms with E-state index in [1.165, 1.54) is 6.26 Å². The van der Waals surface area contributed by atoms with Crippen LogP contribution in [-0.2, 0) is 6.42 Å². The van der Waals surface area contributed by atoms with Crippen molar-refractivity contribution < 1.29 is 9.21 Å². The number of aromatic nitrogens is 1. The van der Waals surface area contributed by atoms with Crippen LogP contribution in [0.5, 0.6) is 0 Å². The Balaban J connectivity index is 1.75. The molecule has 2 N–H and O–H groups in total. The summed E-state index contributed by atoms with van der Waals surface area (Å²) in [7, 11) is 0. The number of carbonyl (C=O) groups is 1. The Morgan fingerprint density at radius 1 is 1.12 bits per heavy atom. The monoisotopic (exact) mass is 335 g/mol. The molecular weight excluding hydrogens is 314 g/mol. The van der Waals surface area contributed by atoms with Crippen molar-refractivity contribution in [2.45, 2.75) is 19.4 Å². The third-order valence-electron chi connectivity index (χ3n) is 3.99. The molecule has 0 radical (unpaired) electrons. The molecule has 25 heavy (non-hydrogen) atoms. The maximum absolute atomic E-state index is 12.7. The standard InChI is InChI=1S/C20H21N3O2/c1-2-23(16-11-7-4-8-12-16)20(24)18-14-25-19(22-18)17(21)13-15-9-5-3-6-10-15/h3-12,14,17H,2,13,21H2,1H3. The van der Waals surface area contributed by atoms with Gasteiger partial charge in [-0.2, -0.15) is 0 Å². The predicted molar refractivity (Wildman–Crippen MR) is 97.4 cm³/mol. The normalized spacial score (nSPS) is 11.9. The average molecular weight is 335 g/mol. The van der Waals surface area contributed by atoms with Gasteiger partial charge in [-0.1, -0.05) is 48.5 Å². The molecule has 0 saturated carbocycles. The van der Waals surface area contributed by atoms with E-state index in [-0.39, 0.29) is 11.6 Å². The molecule has 0 aliphatic rings. The zero-order valence-corrected chi connectivity index (χ0v) is 14.1. The minimum Gasteiger partial charge on any atom is -0.446 e. The molecule has 3 rings (SSSR count). The van der Waals surface area contributed by atoms with Crippen molar-refractivity contribution in [3.8, 4) is 0 Å². The fraction of sp³-hybridized carbons (Fsp3) is 0.200. The van der Waals surface area contributed by atoms with Crippen LogP contribution in [0.3, 0.4) is 0 Å². The predicted octanol–water partition coefficient (Wildman–Crippen LogP) is 3.58. The zero-order chi connectivity index (χ0) is 17.6. The first-order valence-electron chi connectivity index (χ1n) is 8.31. The van der Waals surface area contributed by atoms with Gasteiger partial charge < -0.3 is 15.1 Å². The van der Waals surface area contributed by atoms with Gasteiger partial charge in [-0.25, -0.2) is 4.98 Å². The zero-order valence-electron chi connectivity index (χ0n) is 14.1. The van der Waals surface area contributed by atoms with Crippen molar-refractivity contribution in [1.29, 1.82) is 0 Å². The van der Waals surface area contributed by atoms with Crippen LogP contribution in [0.15, 0.2) is 71.3 Å². The lowest BCUT2D eigenvalue weighted by Crippen LogP contribution is -2.31. The highest BCUT2D eigenvalue weighted by Gasteiger charge is 2.22. The Labute approximate surface area is 147 Å². The number of anilines is 1. The Kier molecular flexibility index (Phi) is 5.26. The van der Waals surface area contributed by atoms with Gasteiger partial charge in [0.2, 0.25) is 5.89 Å². The Morgan fingerprint density at radius 3 is 2.40 bits per heavy atom. The van der Waals surface area contributed by atoms with E-state index >= 15 is 0 Å². The Bertz CT molecular complexity index is 815. The molecule has 5 heteroatoms. The van der Waals surface area contributed by atoms with Crippen LogP contribution in [0, 0.1) is 0 Å². The van der Waals surface area contributed by atoms with Crippen LogP contribution >= 0.6 is 0 Å². The number of carbonyl (C=O) groups excluding carboxylic acids is 1. The largest absolute Gasteiger partial charge is 0.446 e. The van der Waals surface area contributed by atoms with Gasteiger partial charge in [-0.3, -0.25) is 4.79 Å². The van der Waals surface area contributed by atoms with Crippen molar-refractivity contribution in [1.82, 2.24) is 4.98 Å². The SMILES string of the molecule is CCN(C(=O)c1coc(C(N)Cc2ccccc2)n1)c1ccccc1. The van der Waals surface area contributed by atoms with Crippen molar-refractivity contribution in [2.75, 3.05) is 11.4 Å². The lowest BCUT2D eigenvalue weighted by molar-refractivity contribution is 0.0983. The fourth-order valence-corrected chi connectivity index (χ4v) is 2.70. The van der Waals surface area contributed by atoms with Crippen LogP contribution in [0.25, 0.3) is 0 Å². The molecule has 0 fully saturated rings. The third kappa shape index (κ3) is 3.95. The molecule has 5 nitrogen and oxygen atoms in total. The Hall–Kier alpha value is -2.92. The number of hydrogen-bond donors (Lipinski definition) is 1. The summed E-state index contributed by atoms with van der Waals surface area (Å²) in [6.45, 7) is 2.47. The van der Waals surface area contributed by atoms with Crippen LogP contribution in [0.4, 0.5) is 5.69 Å². The molecule has 1 aromatic heterocycles. The van der Waals surface area contributed by atoms with Crippen molar-refractivity contribution >= 4 is 11.6 Å². The third-order valence-corrected chi connectivity index (χ3v) is 3.99. The van der Waals surface area contributed by atoms with Gasteiger partial charge in [0.05, 0.1) is 6.04 Å². The summed E-state index contributed by atoms with van der Waals surface area (Å²) in [6, 6.07) is 19.0. The summed E-state index contributed by atoms with van der Waals surface area (Å²) in [5.74, 6) is 0.173. The van der Waals surface area contributed by atoms with Crippen molar-refractivity contribution in [3.63, 3.8) is 0 Å². The van der Waals surface area contributed by atoms with Crippen LogP contribution in [0.1, 0.15) is 34.9 Å². The van der Waals surface area contributed by atoms with Crippen molar-refractivity contribution in [2.24, 2.45) is 5.73 Å². The number of oxazole rings is 1. The number of nitrogens with zero attached hydrogens (tertiary/aromatic N) is 2. The Morgan fingerprint density at radius 2 is 1.76 bits per heavy atom. The smallest absolute Gasteiger partial charge is 0.280 e. The van der Waals surface area contributed by atoms with Crippen LogP contribution in [-0.4, -0.2) is 17.4 Å². The lowest BCUT2D eigenvalue weighted by Gasteiger charge is -2.19. The van der Waals surface area contributed by atoms with Crippen LogP contribution < -0.4 is 10.6 Å². The molecule has 0 bridgehead atoms. The summed E-state index contributed by atoms with van der Waals surface area (Å²) < 4.78 is 5.47. The van der Waals surface area contributed by atoms with E-state index in [0.717, 1.165) is 11.3 Å². The molecule has 128 valence electrons. The minimum absolute atomic E-state index is 0.199. The molecule has 1 amide bonds. The first-order chi connectivity index (χ1) is 12.2. The first kappa shape index (κ1) is 16.9. The number of para-hydroxylation sites is 1. The molecular formula is C20H21N3O2. The second kappa shape index (κ2) is 7.77. The first-order valence-corrected chi connectivity index (χ1v) is 8.31. The van der Waals surface area contributed by atoms with E-state index in [9.17, 15) is 4.79 Å². The highest BCUT2D eigenvalue weighted by Crippen LogP contribution is 2.19. The van der Waals surface area contributed by atoms with Gasteiger partial charge in [-0.05, 0) is 31.0 Å². The molecule has 3 aromatic rings. The van der Waals surface area contributed by atoms with Gasteiger partial charge in [0, 0.05) is 12.2 Å². The number of rotatable bonds is 6. The second-order valence-corrected chi connectivity index (χ2v) is 5.75. The maximum Gasteiger partial charge on any atom is 0.280 e. The summed E-state index contributed by atoms with van der Waals surface area (Å²) in [5.41, 5.74) is 8.37. The fourth-order valence-electron chi connectivity index (χ4n) is 2.70. The molecule has 2 aromatic carbocycles. The van der Waals surface area contributed by atoms with Gasteiger partial charge in [0.15, 0.2) is 5.69 Å². The molecule has 0 aliphatic carbocycles. The topological polar surface area (TPSA) is 72.4 Å². The molecule has 0 saturated heterocycles. The van der Waals surface area contributed by atoms with E-state index in [1.807, 2.05) is 67.6 Å². The van der Waals surface area contributed by atoms with Gasteiger partial charge in [-0.15, -0.1) is 0 Å². The highest BCUT2D eigenvalue weighted by molar-refractivity contribution is 6.04. The molecule has 1 unspecified atom stereocenters. The average Bonchev–Trinajstić information content (AvgIpc) is 3.14. The van der Waals surface area contributed by atoms with E-state index < -0.39 is 6.04 Å². The van der Waals surface area contributed by atoms with Gasteiger partial charge in [0.1, 0.15) is 6.26 Å². The quantitative estimate of drug-likeness (QED) is 0.747. The van der Waals surface area contributed by atoms with Crippen LogP contribution in [0.2, 0.25) is 0 Å². The molecule has 1 heterocycles. The number of amides is 1. The highest BCUT2D eigenvalue weighted by atomic mass is 16.3. The van der Waals surface area contributed by atoms with E-state index in [0.29, 0.717) is 18.9 Å². The molecule has 0 spiro atoms. The summed E-state index contributed by atoms with van der Waals surface area (Å²) in [6.07, 6.45) is 1.99. The second-order valence-electron chi connectivity index (χ2n) is 5.75. The maximum atomic E-state index is 12.7. The number of benzene rings is 2. The summed E-state index contributed by atoms with van der Waals surface area (Å²) >= 11 is 0. The van der Waals surface area contributed by atoms with Crippen molar-refractivity contribution in [3.05, 3.63) is 84.1 Å². The van der Waals surface area contributed by atoms with E-state index in [4.69, 9.17) is 10.2 Å². The van der Waals surface area contributed by atoms with Gasteiger partial charge >= 0.3 is 0 Å². The number of nitrogens with two attached hydrogens (primary N) is 1. The summed E-state index contributed by atoms with van der Waals surface area (Å²) in [4.78, 5) is 18.7. The van der Waals surface area contributed by atoms with Gasteiger partial charge in [0.25, 0.3) is 5.91 Å². The number of hydrogen-bond acceptors (Lipinski definition) is 4. The van der Waals surface area contributed by atoms with E-state index in [2.05, 4.69) is 4.98 Å².